The molecular formula is C11H12O3S. The van der Waals surface area contributed by atoms with Gasteiger partial charge in [0.05, 0.1) is 13.0 Å². The molecule has 4 heteroatoms. The molecule has 0 saturated carbocycles. The zero-order valence-corrected chi connectivity index (χ0v) is 9.30. The van der Waals surface area contributed by atoms with Crippen LogP contribution in [0.25, 0.3) is 5.57 Å². The largest absolute Gasteiger partial charge is 0.491 e. The maximum absolute atomic E-state index is 11.4. The van der Waals surface area contributed by atoms with Gasteiger partial charge in [0, 0.05) is 16.3 Å². The third-order valence-electron chi connectivity index (χ3n) is 2.47. The molecule has 0 spiro atoms. The Labute approximate surface area is 92.3 Å². The van der Waals surface area contributed by atoms with E-state index in [1.54, 1.807) is 11.3 Å². The number of methoxy groups -OCH3 is 1. The second kappa shape index (κ2) is 4.06. The molecule has 3 nitrogen and oxygen atoms in total. The van der Waals surface area contributed by atoms with Crippen LogP contribution in [-0.2, 0) is 9.53 Å². The van der Waals surface area contributed by atoms with Crippen molar-refractivity contribution in [3.63, 3.8) is 0 Å². The lowest BCUT2D eigenvalue weighted by atomic mass is 9.99. The fourth-order valence-corrected chi connectivity index (χ4v) is 2.44. The van der Waals surface area contributed by atoms with Gasteiger partial charge in [0.25, 0.3) is 0 Å². The number of esters is 1. The van der Waals surface area contributed by atoms with Crippen molar-refractivity contribution in [1.82, 2.24) is 0 Å². The minimum absolute atomic E-state index is 0.232. The van der Waals surface area contributed by atoms with E-state index in [1.807, 2.05) is 10.8 Å². The summed E-state index contributed by atoms with van der Waals surface area (Å²) in [5, 5.41) is 3.93. The quantitative estimate of drug-likeness (QED) is 0.687. The van der Waals surface area contributed by atoms with E-state index >= 15 is 0 Å². The molecule has 0 aliphatic carbocycles. The highest BCUT2D eigenvalue weighted by Gasteiger charge is 2.26. The highest BCUT2D eigenvalue weighted by molar-refractivity contribution is 7.08. The van der Waals surface area contributed by atoms with Crippen LogP contribution in [0, 0.1) is 5.92 Å². The fourth-order valence-electron chi connectivity index (χ4n) is 1.63. The molecule has 0 bridgehead atoms. The lowest BCUT2D eigenvalue weighted by Gasteiger charge is -2.11. The first-order valence-electron chi connectivity index (χ1n) is 4.67. The molecule has 1 aromatic heterocycles. The van der Waals surface area contributed by atoms with Gasteiger partial charge in [-0.05, 0) is 12.0 Å². The van der Waals surface area contributed by atoms with E-state index in [0.29, 0.717) is 13.0 Å². The van der Waals surface area contributed by atoms with Gasteiger partial charge >= 0.3 is 5.97 Å². The maximum Gasteiger partial charge on any atom is 0.312 e. The number of hydrogen-bond donors (Lipinski definition) is 0. The molecule has 2 rings (SSSR count). The third kappa shape index (κ3) is 1.90. The Morgan fingerprint density at radius 2 is 2.47 bits per heavy atom. The van der Waals surface area contributed by atoms with E-state index < -0.39 is 0 Å². The van der Waals surface area contributed by atoms with Crippen molar-refractivity contribution in [1.29, 1.82) is 0 Å². The number of fused-ring (bicyclic) bond motifs is 1. The molecule has 1 unspecified atom stereocenters. The van der Waals surface area contributed by atoms with Crippen LogP contribution in [0.5, 0.6) is 5.75 Å². The van der Waals surface area contributed by atoms with E-state index in [9.17, 15) is 4.79 Å². The van der Waals surface area contributed by atoms with Crippen LogP contribution in [0.1, 0.15) is 12.0 Å². The number of ether oxygens (including phenoxy) is 2. The molecule has 1 atom stereocenters. The SMILES string of the molecule is C=C1CC(C(=O)OC)COc2cscc21. The summed E-state index contributed by atoms with van der Waals surface area (Å²) in [4.78, 5) is 11.4. The van der Waals surface area contributed by atoms with Gasteiger partial charge in [-0.2, -0.15) is 0 Å². The summed E-state index contributed by atoms with van der Waals surface area (Å²) < 4.78 is 10.3. The lowest BCUT2D eigenvalue weighted by Crippen LogP contribution is -2.21. The molecule has 0 N–H and O–H groups in total. The second-order valence-corrected chi connectivity index (χ2v) is 4.23. The summed E-state index contributed by atoms with van der Waals surface area (Å²) >= 11 is 1.58. The van der Waals surface area contributed by atoms with Gasteiger partial charge in [-0.25, -0.2) is 0 Å². The minimum atomic E-state index is -0.236. The Balaban J connectivity index is 2.20. The molecule has 80 valence electrons. The van der Waals surface area contributed by atoms with Crippen LogP contribution in [0.4, 0.5) is 0 Å². The number of carbonyl (C=O) groups excluding carboxylic acids is 1. The average Bonchev–Trinajstić information content (AvgIpc) is 2.65. The van der Waals surface area contributed by atoms with Crippen molar-refractivity contribution < 1.29 is 14.3 Å². The van der Waals surface area contributed by atoms with Crippen LogP contribution >= 0.6 is 11.3 Å². The Morgan fingerprint density at radius 3 is 3.20 bits per heavy atom. The van der Waals surface area contributed by atoms with Gasteiger partial charge in [0.15, 0.2) is 0 Å². The summed E-state index contributed by atoms with van der Waals surface area (Å²) in [6.45, 7) is 4.34. The number of allylic oxidation sites excluding steroid dienone is 1. The Bertz CT molecular complexity index is 394. The normalized spacial score (nSPS) is 20.1. The fraction of sp³-hybridized carbons (Fsp3) is 0.364. The molecule has 15 heavy (non-hydrogen) atoms. The number of rotatable bonds is 1. The van der Waals surface area contributed by atoms with E-state index in [-0.39, 0.29) is 11.9 Å². The first-order chi connectivity index (χ1) is 7.22. The van der Waals surface area contributed by atoms with E-state index in [4.69, 9.17) is 9.47 Å². The van der Waals surface area contributed by atoms with Crippen LogP contribution < -0.4 is 4.74 Å². The van der Waals surface area contributed by atoms with Gasteiger partial charge in [-0.1, -0.05) is 6.58 Å². The molecule has 0 fully saturated rings. The predicted molar refractivity (Wildman–Crippen MR) is 59.0 cm³/mol. The molecule has 2 heterocycles. The highest BCUT2D eigenvalue weighted by Crippen LogP contribution is 2.36. The van der Waals surface area contributed by atoms with Gasteiger partial charge in [-0.3, -0.25) is 4.79 Å². The Morgan fingerprint density at radius 1 is 1.67 bits per heavy atom. The van der Waals surface area contributed by atoms with E-state index in [1.165, 1.54) is 7.11 Å². The van der Waals surface area contributed by atoms with Crippen LogP contribution in [0.15, 0.2) is 17.3 Å². The summed E-state index contributed by atoms with van der Waals surface area (Å²) in [5.41, 5.74) is 1.96. The maximum atomic E-state index is 11.4. The van der Waals surface area contributed by atoms with E-state index in [0.717, 1.165) is 16.9 Å². The zero-order chi connectivity index (χ0) is 10.8. The summed E-state index contributed by atoms with van der Waals surface area (Å²) in [6.07, 6.45) is 0.608. The van der Waals surface area contributed by atoms with Gasteiger partial charge in [-0.15, -0.1) is 11.3 Å². The van der Waals surface area contributed by atoms with Crippen molar-refractivity contribution in [3.8, 4) is 5.75 Å². The molecular weight excluding hydrogens is 212 g/mol. The van der Waals surface area contributed by atoms with Crippen molar-refractivity contribution in [3.05, 3.63) is 22.9 Å². The van der Waals surface area contributed by atoms with Gasteiger partial charge in [0.1, 0.15) is 12.4 Å². The average molecular weight is 224 g/mol. The first-order valence-corrected chi connectivity index (χ1v) is 5.61. The van der Waals surface area contributed by atoms with Crippen LogP contribution in [-0.4, -0.2) is 19.7 Å². The number of hydrogen-bond acceptors (Lipinski definition) is 4. The molecule has 0 radical (unpaired) electrons. The molecule has 0 amide bonds. The third-order valence-corrected chi connectivity index (χ3v) is 3.20. The van der Waals surface area contributed by atoms with Crippen molar-refractivity contribution in [2.75, 3.05) is 13.7 Å². The zero-order valence-electron chi connectivity index (χ0n) is 8.49. The Hall–Kier alpha value is -1.29. The monoisotopic (exact) mass is 224 g/mol. The molecule has 1 aliphatic rings. The standard InChI is InChI=1S/C11H12O3S/c1-7-3-8(11(12)13-2)4-14-10-6-15-5-9(7)10/h5-6,8H,1,3-4H2,2H3. The molecule has 0 aromatic carbocycles. The predicted octanol–water partition coefficient (Wildman–Crippen LogP) is 2.33. The summed E-state index contributed by atoms with van der Waals surface area (Å²) in [6, 6.07) is 0. The van der Waals surface area contributed by atoms with Crippen molar-refractivity contribution in [2.24, 2.45) is 5.92 Å². The number of thiophene rings is 1. The van der Waals surface area contributed by atoms with Crippen LogP contribution in [0.3, 0.4) is 0 Å². The molecule has 0 saturated heterocycles. The topological polar surface area (TPSA) is 35.5 Å². The summed E-state index contributed by atoms with van der Waals surface area (Å²) in [7, 11) is 1.39. The Kier molecular flexibility index (Phi) is 2.77. The minimum Gasteiger partial charge on any atom is -0.491 e. The van der Waals surface area contributed by atoms with E-state index in [2.05, 4.69) is 6.58 Å². The van der Waals surface area contributed by atoms with Gasteiger partial charge < -0.3 is 9.47 Å². The molecule has 1 aliphatic heterocycles. The summed E-state index contributed by atoms with van der Waals surface area (Å²) in [5.74, 6) is 0.362. The van der Waals surface area contributed by atoms with Crippen LogP contribution in [0.2, 0.25) is 0 Å². The lowest BCUT2D eigenvalue weighted by molar-refractivity contribution is -0.146. The van der Waals surface area contributed by atoms with Crippen molar-refractivity contribution >= 4 is 22.9 Å². The number of carbonyl (C=O) groups is 1. The second-order valence-electron chi connectivity index (χ2n) is 3.49. The smallest absolute Gasteiger partial charge is 0.312 e. The first kappa shape index (κ1) is 10.2. The highest BCUT2D eigenvalue weighted by atomic mass is 32.1. The molecule has 1 aromatic rings. The van der Waals surface area contributed by atoms with Crippen molar-refractivity contribution in [2.45, 2.75) is 6.42 Å². The van der Waals surface area contributed by atoms with Gasteiger partial charge in [0.2, 0.25) is 0 Å².